The molecule has 19 heavy (non-hydrogen) atoms. The van der Waals surface area contributed by atoms with Crippen molar-refractivity contribution < 1.29 is 9.90 Å². The SMILES string of the molecule is O=C1NCCN1CCN1CCC(O)c2ccccc21. The van der Waals surface area contributed by atoms with E-state index in [-0.39, 0.29) is 12.1 Å². The highest BCUT2D eigenvalue weighted by molar-refractivity contribution is 5.76. The smallest absolute Gasteiger partial charge is 0.317 e. The van der Waals surface area contributed by atoms with Gasteiger partial charge in [-0.2, -0.15) is 0 Å². The van der Waals surface area contributed by atoms with E-state index >= 15 is 0 Å². The number of rotatable bonds is 3. The van der Waals surface area contributed by atoms with E-state index < -0.39 is 0 Å². The van der Waals surface area contributed by atoms with E-state index in [4.69, 9.17) is 0 Å². The van der Waals surface area contributed by atoms with Gasteiger partial charge in [-0.3, -0.25) is 0 Å². The molecule has 102 valence electrons. The van der Waals surface area contributed by atoms with Gasteiger partial charge < -0.3 is 20.2 Å². The van der Waals surface area contributed by atoms with Gasteiger partial charge in [0.05, 0.1) is 6.10 Å². The predicted molar refractivity (Wildman–Crippen MR) is 73.2 cm³/mol. The Morgan fingerprint density at radius 2 is 2.00 bits per heavy atom. The number of carbonyl (C=O) groups is 1. The lowest BCUT2D eigenvalue weighted by atomic mass is 9.99. The Labute approximate surface area is 112 Å². The second-order valence-corrected chi connectivity index (χ2v) is 5.07. The molecule has 0 saturated carbocycles. The van der Waals surface area contributed by atoms with Crippen LogP contribution >= 0.6 is 0 Å². The molecule has 1 aromatic carbocycles. The Morgan fingerprint density at radius 1 is 1.21 bits per heavy atom. The number of benzene rings is 1. The molecule has 2 heterocycles. The second kappa shape index (κ2) is 5.09. The summed E-state index contributed by atoms with van der Waals surface area (Å²) in [4.78, 5) is 15.6. The van der Waals surface area contributed by atoms with Gasteiger partial charge in [0.1, 0.15) is 0 Å². The van der Waals surface area contributed by atoms with Crippen LogP contribution in [0, 0.1) is 0 Å². The number of aliphatic hydroxyl groups excluding tert-OH is 1. The van der Waals surface area contributed by atoms with Crippen LogP contribution in [0.5, 0.6) is 0 Å². The molecule has 2 amide bonds. The van der Waals surface area contributed by atoms with E-state index in [1.165, 1.54) is 0 Å². The first-order chi connectivity index (χ1) is 9.25. The van der Waals surface area contributed by atoms with Crippen molar-refractivity contribution >= 4 is 11.7 Å². The maximum atomic E-state index is 11.5. The van der Waals surface area contributed by atoms with Gasteiger partial charge in [-0.25, -0.2) is 4.79 Å². The van der Waals surface area contributed by atoms with E-state index in [2.05, 4.69) is 10.2 Å². The van der Waals surface area contributed by atoms with Gasteiger partial charge in [-0.15, -0.1) is 0 Å². The van der Waals surface area contributed by atoms with Gasteiger partial charge in [-0.1, -0.05) is 18.2 Å². The van der Waals surface area contributed by atoms with Crippen LogP contribution in [0.1, 0.15) is 18.1 Å². The normalized spacial score (nSPS) is 22.4. The molecule has 3 rings (SSSR count). The molecule has 2 N–H and O–H groups in total. The van der Waals surface area contributed by atoms with Gasteiger partial charge in [0.25, 0.3) is 0 Å². The molecular formula is C14H19N3O2. The Morgan fingerprint density at radius 3 is 2.79 bits per heavy atom. The third kappa shape index (κ3) is 2.38. The number of amides is 2. The van der Waals surface area contributed by atoms with Crippen molar-refractivity contribution in [1.82, 2.24) is 10.2 Å². The number of hydrogen-bond donors (Lipinski definition) is 2. The number of carbonyl (C=O) groups excluding carboxylic acids is 1. The molecule has 5 nitrogen and oxygen atoms in total. The summed E-state index contributed by atoms with van der Waals surface area (Å²) in [5, 5.41) is 12.8. The predicted octanol–water partition coefficient (Wildman–Crippen LogP) is 0.955. The molecule has 1 fully saturated rings. The highest BCUT2D eigenvalue weighted by Gasteiger charge is 2.25. The molecular weight excluding hydrogens is 242 g/mol. The van der Waals surface area contributed by atoms with E-state index in [0.717, 1.165) is 50.4 Å². The zero-order chi connectivity index (χ0) is 13.2. The Hall–Kier alpha value is -1.75. The topological polar surface area (TPSA) is 55.8 Å². The summed E-state index contributed by atoms with van der Waals surface area (Å²) < 4.78 is 0. The molecule has 1 aromatic rings. The molecule has 0 aliphatic carbocycles. The van der Waals surface area contributed by atoms with Gasteiger partial charge >= 0.3 is 6.03 Å². The van der Waals surface area contributed by atoms with Gasteiger partial charge in [-0.05, 0) is 12.5 Å². The van der Waals surface area contributed by atoms with Crippen LogP contribution in [0.15, 0.2) is 24.3 Å². The van der Waals surface area contributed by atoms with Gasteiger partial charge in [0, 0.05) is 44.0 Å². The third-order valence-corrected chi connectivity index (χ3v) is 3.89. The number of para-hydroxylation sites is 1. The van der Waals surface area contributed by atoms with Crippen molar-refractivity contribution in [2.24, 2.45) is 0 Å². The zero-order valence-electron chi connectivity index (χ0n) is 10.9. The number of nitrogens with one attached hydrogen (secondary N) is 1. The summed E-state index contributed by atoms with van der Waals surface area (Å²) in [6.07, 6.45) is 0.394. The Bertz CT molecular complexity index is 478. The van der Waals surface area contributed by atoms with E-state index in [0.29, 0.717) is 0 Å². The van der Waals surface area contributed by atoms with Crippen LogP contribution < -0.4 is 10.2 Å². The number of anilines is 1. The van der Waals surface area contributed by atoms with E-state index in [1.807, 2.05) is 29.2 Å². The Balaban J connectivity index is 1.69. The van der Waals surface area contributed by atoms with Gasteiger partial charge in [0.15, 0.2) is 0 Å². The largest absolute Gasteiger partial charge is 0.388 e. The highest BCUT2D eigenvalue weighted by atomic mass is 16.3. The molecule has 1 unspecified atom stereocenters. The van der Waals surface area contributed by atoms with E-state index in [1.54, 1.807) is 0 Å². The van der Waals surface area contributed by atoms with Crippen molar-refractivity contribution in [3.05, 3.63) is 29.8 Å². The van der Waals surface area contributed by atoms with E-state index in [9.17, 15) is 9.90 Å². The first-order valence-corrected chi connectivity index (χ1v) is 6.80. The maximum absolute atomic E-state index is 11.5. The molecule has 1 atom stereocenters. The zero-order valence-corrected chi connectivity index (χ0v) is 10.9. The van der Waals surface area contributed by atoms with Crippen LogP contribution in [0.3, 0.4) is 0 Å². The molecule has 1 saturated heterocycles. The number of aliphatic hydroxyl groups is 1. The molecule has 2 aliphatic rings. The first kappa shape index (κ1) is 12.3. The standard InChI is InChI=1S/C14H19N3O2/c18-13-5-7-16(12-4-2-1-3-11(12)13)9-10-17-8-6-15-14(17)19/h1-4,13,18H,5-10H2,(H,15,19). The molecule has 0 spiro atoms. The van der Waals surface area contributed by atoms with Crippen LogP contribution in [-0.2, 0) is 0 Å². The third-order valence-electron chi connectivity index (χ3n) is 3.89. The molecule has 0 aromatic heterocycles. The molecule has 0 bridgehead atoms. The average Bonchev–Trinajstić information content (AvgIpc) is 2.84. The van der Waals surface area contributed by atoms with Crippen molar-refractivity contribution in [3.8, 4) is 0 Å². The lowest BCUT2D eigenvalue weighted by Crippen LogP contribution is -2.39. The number of nitrogens with zero attached hydrogens (tertiary/aromatic N) is 2. The van der Waals surface area contributed by atoms with Crippen molar-refractivity contribution in [2.75, 3.05) is 37.6 Å². The minimum atomic E-state index is -0.359. The second-order valence-electron chi connectivity index (χ2n) is 5.07. The fraction of sp³-hybridized carbons (Fsp3) is 0.500. The first-order valence-electron chi connectivity index (χ1n) is 6.80. The minimum absolute atomic E-state index is 0.0327. The summed E-state index contributed by atoms with van der Waals surface area (Å²) in [5.41, 5.74) is 2.10. The van der Waals surface area contributed by atoms with Crippen LogP contribution in [0.2, 0.25) is 0 Å². The molecule has 2 aliphatic heterocycles. The minimum Gasteiger partial charge on any atom is -0.388 e. The fourth-order valence-corrected chi connectivity index (χ4v) is 2.81. The van der Waals surface area contributed by atoms with Crippen molar-refractivity contribution in [1.29, 1.82) is 0 Å². The monoisotopic (exact) mass is 261 g/mol. The number of hydrogen-bond acceptors (Lipinski definition) is 3. The van der Waals surface area contributed by atoms with Crippen LogP contribution in [0.4, 0.5) is 10.5 Å². The van der Waals surface area contributed by atoms with Gasteiger partial charge in [0.2, 0.25) is 0 Å². The summed E-state index contributed by atoms with van der Waals surface area (Å²) in [6, 6.07) is 8.01. The fourth-order valence-electron chi connectivity index (χ4n) is 2.81. The van der Waals surface area contributed by atoms with Crippen LogP contribution in [-0.4, -0.2) is 48.8 Å². The maximum Gasteiger partial charge on any atom is 0.317 e. The number of urea groups is 1. The van der Waals surface area contributed by atoms with Crippen molar-refractivity contribution in [2.45, 2.75) is 12.5 Å². The highest BCUT2D eigenvalue weighted by Crippen LogP contribution is 2.33. The van der Waals surface area contributed by atoms with Crippen LogP contribution in [0.25, 0.3) is 0 Å². The molecule has 0 radical (unpaired) electrons. The quantitative estimate of drug-likeness (QED) is 0.852. The van der Waals surface area contributed by atoms with Crippen molar-refractivity contribution in [3.63, 3.8) is 0 Å². The lowest BCUT2D eigenvalue weighted by molar-refractivity contribution is 0.163. The summed E-state index contributed by atoms with van der Waals surface area (Å²) in [7, 11) is 0. The molecule has 5 heteroatoms. The number of fused-ring (bicyclic) bond motifs is 1. The average molecular weight is 261 g/mol. The summed E-state index contributed by atoms with van der Waals surface area (Å²) in [5.74, 6) is 0. The summed E-state index contributed by atoms with van der Waals surface area (Å²) in [6.45, 7) is 3.92. The lowest BCUT2D eigenvalue weighted by Gasteiger charge is -2.34. The Kier molecular flexibility index (Phi) is 3.29. The summed E-state index contributed by atoms with van der Waals surface area (Å²) >= 11 is 0.